The summed E-state index contributed by atoms with van der Waals surface area (Å²) in [7, 11) is 0. The quantitative estimate of drug-likeness (QED) is 0.164. The summed E-state index contributed by atoms with van der Waals surface area (Å²) in [6.07, 6.45) is 4.81. The van der Waals surface area contributed by atoms with E-state index in [-0.39, 0.29) is 17.7 Å². The Kier molecular flexibility index (Phi) is 8.15. The number of nitrogens with zero attached hydrogens (tertiary/aromatic N) is 3. The molecule has 1 aliphatic carbocycles. The van der Waals surface area contributed by atoms with Crippen LogP contribution in [-0.2, 0) is 5.41 Å². The van der Waals surface area contributed by atoms with Gasteiger partial charge in [-0.1, -0.05) is 135 Å². The van der Waals surface area contributed by atoms with Crippen LogP contribution in [-0.4, -0.2) is 12.3 Å². The first-order valence-corrected chi connectivity index (χ1v) is 25.5. The highest BCUT2D eigenvalue weighted by atomic mass is 32.1. The summed E-state index contributed by atoms with van der Waals surface area (Å²) in [5, 5.41) is 4.85. The summed E-state index contributed by atoms with van der Waals surface area (Å²) in [6.45, 7) is 7.29. The van der Waals surface area contributed by atoms with Gasteiger partial charge in [-0.3, -0.25) is 0 Å². The van der Waals surface area contributed by atoms with Gasteiger partial charge in [-0.05, 0) is 138 Å². The Morgan fingerprint density at radius 2 is 1.22 bits per heavy atom. The lowest BCUT2D eigenvalue weighted by Crippen LogP contribution is -2.61. The number of para-hydroxylation sites is 3. The molecule has 2 atom stereocenters. The summed E-state index contributed by atoms with van der Waals surface area (Å²) in [5.74, 6) is 0. The molecule has 0 saturated heterocycles. The van der Waals surface area contributed by atoms with Crippen molar-refractivity contribution in [3.05, 3.63) is 199 Å². The lowest BCUT2D eigenvalue weighted by atomic mass is 9.33. The number of anilines is 8. The number of fused-ring (bicyclic) bond motifs is 13. The molecular weight excluding hydrogens is 858 g/mol. The van der Waals surface area contributed by atoms with Gasteiger partial charge in [0.15, 0.2) is 5.58 Å². The molecule has 11 aromatic rings. The van der Waals surface area contributed by atoms with Gasteiger partial charge >= 0.3 is 0 Å². The highest BCUT2D eigenvalue weighted by Gasteiger charge is 2.58. The fraction of sp³-hybridized carbons (Fsp3) is 0.143. The van der Waals surface area contributed by atoms with E-state index in [4.69, 9.17) is 4.42 Å². The van der Waals surface area contributed by atoms with Crippen LogP contribution >= 0.6 is 11.3 Å². The minimum absolute atomic E-state index is 0.0356. The van der Waals surface area contributed by atoms with Gasteiger partial charge in [0, 0.05) is 76.2 Å². The largest absolute Gasteiger partial charge is 0.454 e. The molecule has 69 heavy (non-hydrogen) atoms. The summed E-state index contributed by atoms with van der Waals surface area (Å²) in [6, 6.07) is 70.8. The van der Waals surface area contributed by atoms with E-state index in [1.807, 2.05) is 11.3 Å². The van der Waals surface area contributed by atoms with Gasteiger partial charge in [-0.2, -0.15) is 0 Å². The van der Waals surface area contributed by atoms with Crippen molar-refractivity contribution in [1.29, 1.82) is 0 Å². The third-order valence-electron chi connectivity index (χ3n) is 16.8. The molecular formula is C63H48BN3OS. The van der Waals surface area contributed by atoms with Crippen LogP contribution in [0.25, 0.3) is 53.2 Å². The fourth-order valence-corrected chi connectivity index (χ4v) is 14.6. The van der Waals surface area contributed by atoms with E-state index >= 15 is 0 Å². The Morgan fingerprint density at radius 1 is 0.493 bits per heavy atom. The molecule has 1 fully saturated rings. The molecule has 4 nitrogen and oxygen atoms in total. The number of benzene rings is 9. The first-order chi connectivity index (χ1) is 33.9. The Morgan fingerprint density at radius 3 is 2.12 bits per heavy atom. The van der Waals surface area contributed by atoms with Crippen LogP contribution in [0.2, 0.25) is 0 Å². The minimum atomic E-state index is -0.0828. The van der Waals surface area contributed by atoms with Gasteiger partial charge in [0.25, 0.3) is 6.71 Å². The van der Waals surface area contributed by atoms with Crippen molar-refractivity contribution < 1.29 is 4.42 Å². The summed E-state index contributed by atoms with van der Waals surface area (Å²) in [5.41, 5.74) is 20.4. The maximum absolute atomic E-state index is 6.99. The number of thiophene rings is 1. The van der Waals surface area contributed by atoms with Gasteiger partial charge in [-0.15, -0.1) is 11.3 Å². The zero-order chi connectivity index (χ0) is 45.8. The van der Waals surface area contributed by atoms with Gasteiger partial charge in [0.05, 0.1) is 11.2 Å². The predicted molar refractivity (Wildman–Crippen MR) is 294 cm³/mol. The van der Waals surface area contributed by atoms with Crippen LogP contribution in [0.3, 0.4) is 0 Å². The van der Waals surface area contributed by atoms with Crippen LogP contribution < -0.4 is 31.1 Å². The number of furan rings is 1. The molecule has 330 valence electrons. The zero-order valence-electron chi connectivity index (χ0n) is 39.0. The standard InChI is InChI=1S/C63H48BN3OS/c1-39-34-55-60-56(35-39)66(53-23-15-20-46-44-18-7-11-24-57(44)68-61(46)53)54-38-43(67-51-22-10-9-21-48(51)62(2)32-13-14-33-63(62,67)3)27-29-49(54)64(60)50-36-41(40-16-5-4-6-17-40)26-30-52(50)65(55)42-28-31-59-47(37-42)45-19-8-12-25-58(45)69-59/h4-12,15-31,34-38H,13-14,32-33H2,1-3H3. The second-order valence-corrected chi connectivity index (χ2v) is 21.5. The van der Waals surface area contributed by atoms with Crippen LogP contribution in [0, 0.1) is 6.92 Å². The van der Waals surface area contributed by atoms with E-state index in [2.05, 4.69) is 224 Å². The van der Waals surface area contributed by atoms with Gasteiger partial charge in [0.1, 0.15) is 5.58 Å². The van der Waals surface area contributed by atoms with Crippen molar-refractivity contribution in [1.82, 2.24) is 0 Å². The SMILES string of the molecule is Cc1cc2c3c(c1)N(c1cccc4c1oc1ccccc14)c1cc(N4c5ccccc5C5(C)CCCCC45C)ccc1B3c1cc(-c3ccccc3)ccc1N2c1ccc2sc3ccccc3c2c1. The van der Waals surface area contributed by atoms with E-state index in [0.717, 1.165) is 39.7 Å². The number of aryl methyl sites for hydroxylation is 1. The fourth-order valence-electron chi connectivity index (χ4n) is 13.5. The first-order valence-electron chi connectivity index (χ1n) is 24.7. The minimum Gasteiger partial charge on any atom is -0.454 e. The Labute approximate surface area is 406 Å². The average molecular weight is 906 g/mol. The molecule has 0 N–H and O–H groups in total. The lowest BCUT2D eigenvalue weighted by molar-refractivity contribution is 0.195. The van der Waals surface area contributed by atoms with Crippen molar-refractivity contribution in [2.24, 2.45) is 0 Å². The third kappa shape index (κ3) is 5.35. The monoisotopic (exact) mass is 905 g/mol. The van der Waals surface area contributed by atoms with Crippen LogP contribution in [0.15, 0.2) is 192 Å². The average Bonchev–Trinajstić information content (AvgIpc) is 4.02. The van der Waals surface area contributed by atoms with Crippen molar-refractivity contribution in [3.63, 3.8) is 0 Å². The molecule has 3 aliphatic heterocycles. The van der Waals surface area contributed by atoms with Crippen LogP contribution in [0.4, 0.5) is 45.5 Å². The van der Waals surface area contributed by atoms with Gasteiger partial charge in [0.2, 0.25) is 0 Å². The smallest absolute Gasteiger partial charge is 0.252 e. The highest BCUT2D eigenvalue weighted by Crippen LogP contribution is 2.61. The summed E-state index contributed by atoms with van der Waals surface area (Å²) >= 11 is 1.87. The van der Waals surface area contributed by atoms with Crippen molar-refractivity contribution in [3.8, 4) is 11.1 Å². The van der Waals surface area contributed by atoms with E-state index in [9.17, 15) is 0 Å². The molecule has 9 aromatic carbocycles. The second kappa shape index (κ2) is 14.3. The summed E-state index contributed by atoms with van der Waals surface area (Å²) in [4.78, 5) is 7.85. The maximum atomic E-state index is 6.99. The van der Waals surface area contributed by atoms with E-state index in [1.54, 1.807) is 0 Å². The highest BCUT2D eigenvalue weighted by molar-refractivity contribution is 7.25. The van der Waals surface area contributed by atoms with Crippen molar-refractivity contribution >= 4 is 122 Å². The molecule has 15 rings (SSSR count). The van der Waals surface area contributed by atoms with Gasteiger partial charge in [-0.25, -0.2) is 0 Å². The van der Waals surface area contributed by atoms with Crippen LogP contribution in [0.1, 0.15) is 50.7 Å². The molecule has 5 heterocycles. The maximum Gasteiger partial charge on any atom is 0.252 e. The molecule has 0 bridgehead atoms. The second-order valence-electron chi connectivity index (χ2n) is 20.4. The van der Waals surface area contributed by atoms with Crippen molar-refractivity contribution in [2.45, 2.75) is 57.4 Å². The molecule has 0 radical (unpaired) electrons. The van der Waals surface area contributed by atoms with E-state index in [0.29, 0.717) is 0 Å². The first kappa shape index (κ1) is 39.5. The molecule has 4 aliphatic rings. The molecule has 0 amide bonds. The molecule has 1 saturated carbocycles. The number of hydrogen-bond donors (Lipinski definition) is 0. The lowest BCUT2D eigenvalue weighted by Gasteiger charge is -2.50. The molecule has 2 unspecified atom stereocenters. The Bertz CT molecular complexity index is 3970. The molecule has 6 heteroatoms. The normalized spacial score (nSPS) is 19.0. The number of rotatable bonds is 4. The number of hydrogen-bond acceptors (Lipinski definition) is 5. The Hall–Kier alpha value is -7.54. The van der Waals surface area contributed by atoms with Gasteiger partial charge < -0.3 is 19.1 Å². The molecule has 0 spiro atoms. The molecule has 2 aromatic heterocycles. The topological polar surface area (TPSA) is 22.9 Å². The Balaban J connectivity index is 1.03. The van der Waals surface area contributed by atoms with E-state index < -0.39 is 0 Å². The third-order valence-corrected chi connectivity index (χ3v) is 18.0. The van der Waals surface area contributed by atoms with E-state index in [1.165, 1.54) is 112 Å². The summed E-state index contributed by atoms with van der Waals surface area (Å²) < 4.78 is 9.61. The predicted octanol–water partition coefficient (Wildman–Crippen LogP) is 15.8. The van der Waals surface area contributed by atoms with Crippen LogP contribution in [0.5, 0.6) is 0 Å². The van der Waals surface area contributed by atoms with Crippen molar-refractivity contribution in [2.75, 3.05) is 14.7 Å². The zero-order valence-corrected chi connectivity index (χ0v) is 39.8.